The van der Waals surface area contributed by atoms with Gasteiger partial charge in [0.15, 0.2) is 9.84 Å². The molecule has 1 atom stereocenters. The SMILES string of the molecule is Cc1cc(C#N)nc(N2CCS(=O)(=O)CC2CC(=O)O)n1. The summed E-state index contributed by atoms with van der Waals surface area (Å²) in [7, 11) is -3.27. The summed E-state index contributed by atoms with van der Waals surface area (Å²) in [4.78, 5) is 20.7. The number of nitriles is 1. The van der Waals surface area contributed by atoms with E-state index in [-0.39, 0.29) is 36.1 Å². The van der Waals surface area contributed by atoms with Crippen LogP contribution in [0.4, 0.5) is 5.95 Å². The quantitative estimate of drug-likeness (QED) is 0.809. The van der Waals surface area contributed by atoms with Crippen LogP contribution in [-0.2, 0) is 14.6 Å². The van der Waals surface area contributed by atoms with Crippen LogP contribution in [0.5, 0.6) is 0 Å². The molecule has 112 valence electrons. The zero-order valence-corrected chi connectivity index (χ0v) is 12.2. The third-order valence-corrected chi connectivity index (χ3v) is 4.85. The van der Waals surface area contributed by atoms with E-state index in [9.17, 15) is 13.2 Å². The number of sulfone groups is 1. The number of hydrogen-bond donors (Lipinski definition) is 1. The van der Waals surface area contributed by atoms with Crippen LogP contribution in [0.2, 0.25) is 0 Å². The Kier molecular flexibility index (Phi) is 4.09. The van der Waals surface area contributed by atoms with Crippen molar-refractivity contribution in [1.29, 1.82) is 5.26 Å². The molecule has 0 bridgehead atoms. The molecule has 0 amide bonds. The monoisotopic (exact) mass is 310 g/mol. The van der Waals surface area contributed by atoms with E-state index in [0.29, 0.717) is 5.69 Å². The molecule has 1 aliphatic rings. The molecule has 1 aromatic heterocycles. The highest BCUT2D eigenvalue weighted by Crippen LogP contribution is 2.21. The van der Waals surface area contributed by atoms with E-state index in [4.69, 9.17) is 10.4 Å². The fraction of sp³-hybridized carbons (Fsp3) is 0.500. The van der Waals surface area contributed by atoms with Crippen LogP contribution >= 0.6 is 0 Å². The van der Waals surface area contributed by atoms with Gasteiger partial charge in [-0.3, -0.25) is 4.79 Å². The van der Waals surface area contributed by atoms with Crippen molar-refractivity contribution in [3.05, 3.63) is 17.5 Å². The number of aromatic nitrogens is 2. The Hall–Kier alpha value is -2.21. The fourth-order valence-corrected chi connectivity index (χ4v) is 3.78. The van der Waals surface area contributed by atoms with Gasteiger partial charge in [0.05, 0.1) is 24.0 Å². The van der Waals surface area contributed by atoms with Crippen molar-refractivity contribution in [1.82, 2.24) is 9.97 Å². The number of carboxylic acids is 1. The van der Waals surface area contributed by atoms with Crippen molar-refractivity contribution in [2.24, 2.45) is 0 Å². The van der Waals surface area contributed by atoms with Crippen LogP contribution < -0.4 is 4.90 Å². The smallest absolute Gasteiger partial charge is 0.305 e. The zero-order chi connectivity index (χ0) is 15.6. The predicted octanol–water partition coefficient (Wildman–Crippen LogP) is -0.265. The molecule has 0 radical (unpaired) electrons. The minimum atomic E-state index is -3.27. The van der Waals surface area contributed by atoms with Crippen molar-refractivity contribution in [3.63, 3.8) is 0 Å². The topological polar surface area (TPSA) is 124 Å². The van der Waals surface area contributed by atoms with E-state index in [2.05, 4.69) is 9.97 Å². The highest BCUT2D eigenvalue weighted by Gasteiger charge is 2.34. The van der Waals surface area contributed by atoms with Gasteiger partial charge < -0.3 is 10.0 Å². The Labute approximate surface area is 122 Å². The van der Waals surface area contributed by atoms with E-state index in [1.54, 1.807) is 11.8 Å². The molecule has 0 spiro atoms. The second-order valence-corrected chi connectivity index (χ2v) is 7.09. The molecule has 1 unspecified atom stereocenters. The standard InChI is InChI=1S/C12H14N4O4S/c1-8-4-9(6-13)15-12(14-8)16-2-3-21(19,20)7-10(16)5-11(17)18/h4,10H,2-3,5,7H2,1H3,(H,17,18). The molecule has 21 heavy (non-hydrogen) atoms. The molecule has 1 fully saturated rings. The van der Waals surface area contributed by atoms with Crippen molar-refractivity contribution in [2.75, 3.05) is 23.0 Å². The number of rotatable bonds is 3. The van der Waals surface area contributed by atoms with Crippen molar-refractivity contribution < 1.29 is 18.3 Å². The summed E-state index contributed by atoms with van der Waals surface area (Å²) in [6, 6.07) is 2.69. The average Bonchev–Trinajstić information content (AvgIpc) is 2.36. The normalized spacial score (nSPS) is 20.8. The number of aryl methyl sites for hydroxylation is 1. The molecule has 1 aromatic rings. The number of carbonyl (C=O) groups is 1. The molecule has 8 nitrogen and oxygen atoms in total. The van der Waals surface area contributed by atoms with Gasteiger partial charge in [-0.25, -0.2) is 18.4 Å². The summed E-state index contributed by atoms with van der Waals surface area (Å²) >= 11 is 0. The second-order valence-electron chi connectivity index (χ2n) is 4.87. The van der Waals surface area contributed by atoms with Gasteiger partial charge in [-0.1, -0.05) is 0 Å². The maximum absolute atomic E-state index is 11.7. The van der Waals surface area contributed by atoms with E-state index < -0.39 is 21.8 Å². The van der Waals surface area contributed by atoms with Crippen LogP contribution in [0.25, 0.3) is 0 Å². The molecule has 0 aliphatic carbocycles. The van der Waals surface area contributed by atoms with Gasteiger partial charge in [0.1, 0.15) is 11.8 Å². The van der Waals surface area contributed by atoms with Gasteiger partial charge in [0.25, 0.3) is 0 Å². The number of nitrogens with zero attached hydrogens (tertiary/aromatic N) is 4. The lowest BCUT2D eigenvalue weighted by molar-refractivity contribution is -0.137. The van der Waals surface area contributed by atoms with Crippen molar-refractivity contribution in [2.45, 2.75) is 19.4 Å². The van der Waals surface area contributed by atoms with Gasteiger partial charge in [-0.15, -0.1) is 0 Å². The molecule has 0 aromatic carbocycles. The Bertz CT molecular complexity index is 710. The highest BCUT2D eigenvalue weighted by atomic mass is 32.2. The van der Waals surface area contributed by atoms with Crippen LogP contribution in [0.1, 0.15) is 17.8 Å². The van der Waals surface area contributed by atoms with Crippen LogP contribution in [0.3, 0.4) is 0 Å². The van der Waals surface area contributed by atoms with E-state index in [0.717, 1.165) is 0 Å². The summed E-state index contributed by atoms with van der Waals surface area (Å²) in [6.45, 7) is 1.81. The number of anilines is 1. The lowest BCUT2D eigenvalue weighted by Crippen LogP contribution is -2.50. The summed E-state index contributed by atoms with van der Waals surface area (Å²) in [6.07, 6.45) is -0.321. The molecule has 2 rings (SSSR count). The molecular formula is C12H14N4O4S. The Morgan fingerprint density at radius 3 is 2.90 bits per heavy atom. The largest absolute Gasteiger partial charge is 0.481 e. The van der Waals surface area contributed by atoms with E-state index in [1.165, 1.54) is 6.07 Å². The number of hydrogen-bond acceptors (Lipinski definition) is 7. The molecular weight excluding hydrogens is 296 g/mol. The third-order valence-electron chi connectivity index (χ3n) is 3.15. The second kappa shape index (κ2) is 5.65. The first kappa shape index (κ1) is 15.2. The van der Waals surface area contributed by atoms with Crippen LogP contribution in [0, 0.1) is 18.3 Å². The molecule has 1 aliphatic heterocycles. The lowest BCUT2D eigenvalue weighted by atomic mass is 10.2. The lowest BCUT2D eigenvalue weighted by Gasteiger charge is -2.34. The highest BCUT2D eigenvalue weighted by molar-refractivity contribution is 7.91. The van der Waals surface area contributed by atoms with Crippen molar-refractivity contribution in [3.8, 4) is 6.07 Å². The molecule has 0 saturated carbocycles. The first-order valence-electron chi connectivity index (χ1n) is 6.25. The summed E-state index contributed by atoms with van der Waals surface area (Å²) in [5.41, 5.74) is 0.735. The predicted molar refractivity (Wildman–Crippen MR) is 73.5 cm³/mol. The maximum Gasteiger partial charge on any atom is 0.305 e. The Balaban J connectivity index is 2.38. The third kappa shape index (κ3) is 3.66. The fourth-order valence-electron chi connectivity index (χ4n) is 2.26. The van der Waals surface area contributed by atoms with Crippen LogP contribution in [0.15, 0.2) is 6.07 Å². The van der Waals surface area contributed by atoms with Gasteiger partial charge in [0.2, 0.25) is 5.95 Å². The van der Waals surface area contributed by atoms with Gasteiger partial charge in [-0.05, 0) is 13.0 Å². The number of carboxylic acid groups (broad SMARTS) is 1. The summed E-state index contributed by atoms with van der Waals surface area (Å²) in [5, 5.41) is 17.9. The van der Waals surface area contributed by atoms with Crippen molar-refractivity contribution >= 4 is 21.8 Å². The minimum absolute atomic E-state index is 0.0810. The Morgan fingerprint density at radius 2 is 2.29 bits per heavy atom. The minimum Gasteiger partial charge on any atom is -0.481 e. The summed E-state index contributed by atoms with van der Waals surface area (Å²) < 4.78 is 23.4. The first-order chi connectivity index (χ1) is 9.80. The summed E-state index contributed by atoms with van der Waals surface area (Å²) in [5.74, 6) is -1.22. The van der Waals surface area contributed by atoms with Gasteiger partial charge >= 0.3 is 5.97 Å². The zero-order valence-electron chi connectivity index (χ0n) is 11.4. The maximum atomic E-state index is 11.7. The van der Waals surface area contributed by atoms with Crippen LogP contribution in [-0.4, -0.2) is 53.6 Å². The average molecular weight is 310 g/mol. The van der Waals surface area contributed by atoms with E-state index in [1.807, 2.05) is 6.07 Å². The molecule has 1 N–H and O–H groups in total. The van der Waals surface area contributed by atoms with Gasteiger partial charge in [-0.2, -0.15) is 5.26 Å². The molecule has 2 heterocycles. The van der Waals surface area contributed by atoms with E-state index >= 15 is 0 Å². The molecule has 1 saturated heterocycles. The Morgan fingerprint density at radius 1 is 1.57 bits per heavy atom. The molecule has 9 heteroatoms. The van der Waals surface area contributed by atoms with Gasteiger partial charge in [0, 0.05) is 12.2 Å². The number of aliphatic carboxylic acids is 1. The first-order valence-corrected chi connectivity index (χ1v) is 8.07.